The Balaban J connectivity index is 1.56. The number of hydrogen-bond donors (Lipinski definition) is 2. The molecule has 4 nitrogen and oxygen atoms in total. The maximum Gasteiger partial charge on any atom is 0.220 e. The Morgan fingerprint density at radius 2 is 1.97 bits per heavy atom. The number of nitrogens with zero attached hydrogens (tertiary/aromatic N) is 1. The van der Waals surface area contributed by atoms with Gasteiger partial charge in [-0.1, -0.05) is 44.4 Å². The molecule has 0 aliphatic heterocycles. The van der Waals surface area contributed by atoms with E-state index in [0.29, 0.717) is 18.9 Å². The van der Waals surface area contributed by atoms with Crippen LogP contribution in [0.2, 0.25) is 0 Å². The van der Waals surface area contributed by atoms with Crippen LogP contribution in [0.5, 0.6) is 0 Å². The van der Waals surface area contributed by atoms with Crippen molar-refractivity contribution in [2.45, 2.75) is 64.3 Å². The summed E-state index contributed by atoms with van der Waals surface area (Å²) in [5.74, 6) is 0.992. The summed E-state index contributed by atoms with van der Waals surface area (Å²) in [6.45, 7) is 2.76. The fourth-order valence-electron chi connectivity index (χ4n) is 4.88. The minimum Gasteiger partial charge on any atom is -0.361 e. The number of nitrogens with one attached hydrogen (secondary N) is 2. The molecule has 0 bridgehead atoms. The van der Waals surface area contributed by atoms with E-state index in [0.717, 1.165) is 12.0 Å². The van der Waals surface area contributed by atoms with Crippen molar-refractivity contribution in [2.75, 3.05) is 0 Å². The van der Waals surface area contributed by atoms with Crippen LogP contribution in [0.3, 0.4) is 0 Å². The van der Waals surface area contributed by atoms with Crippen LogP contribution in [-0.2, 0) is 17.8 Å². The number of aromatic amines is 1. The molecule has 29 heavy (non-hydrogen) atoms. The molecule has 1 saturated carbocycles. The van der Waals surface area contributed by atoms with Crippen molar-refractivity contribution < 1.29 is 4.79 Å². The first-order chi connectivity index (χ1) is 14.3. The van der Waals surface area contributed by atoms with Crippen molar-refractivity contribution in [3.63, 3.8) is 0 Å². The molecule has 0 spiro atoms. The summed E-state index contributed by atoms with van der Waals surface area (Å²) < 4.78 is 0. The number of carbonyl (C=O) groups is 1. The second-order valence-electron chi connectivity index (χ2n) is 8.28. The fraction of sp³-hybridized carbons (Fsp3) is 0.440. The highest BCUT2D eigenvalue weighted by Gasteiger charge is 2.29. The zero-order chi connectivity index (χ0) is 20.1. The zero-order valence-electron chi connectivity index (χ0n) is 17.3. The first-order valence-electron chi connectivity index (χ1n) is 11.0. The van der Waals surface area contributed by atoms with Gasteiger partial charge in [0.1, 0.15) is 0 Å². The van der Waals surface area contributed by atoms with Crippen LogP contribution in [0.25, 0.3) is 10.9 Å². The molecule has 0 radical (unpaired) electrons. The maximum absolute atomic E-state index is 12.9. The smallest absolute Gasteiger partial charge is 0.220 e. The molecule has 152 valence electrons. The molecule has 2 heterocycles. The summed E-state index contributed by atoms with van der Waals surface area (Å²) in [6, 6.07) is 10.5. The average Bonchev–Trinajstić information content (AvgIpc) is 3.21. The Morgan fingerprint density at radius 3 is 2.72 bits per heavy atom. The molecule has 1 aliphatic carbocycles. The van der Waals surface area contributed by atoms with Crippen LogP contribution in [0, 0.1) is 5.92 Å². The van der Waals surface area contributed by atoms with Gasteiger partial charge in [0.05, 0.1) is 0 Å². The van der Waals surface area contributed by atoms with Crippen LogP contribution in [-0.4, -0.2) is 15.9 Å². The SMILES string of the molecule is CCc1cccc2c(C(CC(=O)NCc3ccncc3)C3CCCCC3)c[nH]c12. The van der Waals surface area contributed by atoms with E-state index >= 15 is 0 Å². The van der Waals surface area contributed by atoms with Gasteiger partial charge < -0.3 is 10.3 Å². The summed E-state index contributed by atoms with van der Waals surface area (Å²) in [6.07, 6.45) is 13.6. The Kier molecular flexibility index (Phi) is 6.28. The van der Waals surface area contributed by atoms with E-state index in [1.54, 1.807) is 12.4 Å². The lowest BCUT2D eigenvalue weighted by Crippen LogP contribution is -2.27. The van der Waals surface area contributed by atoms with Crippen LogP contribution in [0.4, 0.5) is 0 Å². The lowest BCUT2D eigenvalue weighted by Gasteiger charge is -2.30. The highest BCUT2D eigenvalue weighted by atomic mass is 16.1. The average molecular weight is 390 g/mol. The van der Waals surface area contributed by atoms with E-state index in [-0.39, 0.29) is 11.8 Å². The molecule has 1 unspecified atom stereocenters. The van der Waals surface area contributed by atoms with Crippen molar-refractivity contribution in [2.24, 2.45) is 5.92 Å². The van der Waals surface area contributed by atoms with Gasteiger partial charge in [-0.05, 0) is 59.9 Å². The van der Waals surface area contributed by atoms with E-state index in [9.17, 15) is 4.79 Å². The monoisotopic (exact) mass is 389 g/mol. The number of aromatic nitrogens is 2. The standard InChI is InChI=1S/C25H31N3O/c1-2-19-9-6-10-21-23(17-28-25(19)21)22(20-7-4-3-5-8-20)15-24(29)27-16-18-11-13-26-14-12-18/h6,9-14,17,20,22,28H,2-5,7-8,15-16H2,1H3,(H,27,29). The number of carbonyl (C=O) groups excluding carboxylic acids is 1. The van der Waals surface area contributed by atoms with Crippen LogP contribution >= 0.6 is 0 Å². The van der Waals surface area contributed by atoms with Crippen LogP contribution < -0.4 is 5.32 Å². The number of rotatable bonds is 7. The number of amides is 1. The summed E-state index contributed by atoms with van der Waals surface area (Å²) in [4.78, 5) is 20.4. The predicted octanol–water partition coefficient (Wildman–Crippen LogP) is 5.50. The van der Waals surface area contributed by atoms with Gasteiger partial charge in [-0.2, -0.15) is 0 Å². The number of para-hydroxylation sites is 1. The van der Waals surface area contributed by atoms with Crippen LogP contribution in [0.1, 0.15) is 68.1 Å². The van der Waals surface area contributed by atoms with E-state index in [1.807, 2.05) is 12.1 Å². The second kappa shape index (κ2) is 9.25. The number of H-pyrrole nitrogens is 1. The van der Waals surface area contributed by atoms with Crippen LogP contribution in [0.15, 0.2) is 48.9 Å². The van der Waals surface area contributed by atoms with E-state index in [2.05, 4.69) is 46.6 Å². The Labute approximate surface area is 173 Å². The summed E-state index contributed by atoms with van der Waals surface area (Å²) >= 11 is 0. The lowest BCUT2D eigenvalue weighted by molar-refractivity contribution is -0.122. The molecule has 3 aromatic rings. The first-order valence-corrected chi connectivity index (χ1v) is 11.0. The largest absolute Gasteiger partial charge is 0.361 e. The Bertz CT molecular complexity index is 941. The molecule has 1 atom stereocenters. The Morgan fingerprint density at radius 1 is 1.17 bits per heavy atom. The number of aryl methyl sites for hydroxylation is 1. The van der Waals surface area contributed by atoms with Gasteiger partial charge in [-0.15, -0.1) is 0 Å². The number of fused-ring (bicyclic) bond motifs is 1. The summed E-state index contributed by atoms with van der Waals surface area (Å²) in [7, 11) is 0. The summed E-state index contributed by atoms with van der Waals surface area (Å²) in [5, 5.41) is 4.42. The molecule has 1 aromatic carbocycles. The highest BCUT2D eigenvalue weighted by molar-refractivity contribution is 5.87. The maximum atomic E-state index is 12.9. The third kappa shape index (κ3) is 4.52. The second-order valence-corrected chi connectivity index (χ2v) is 8.28. The predicted molar refractivity (Wildman–Crippen MR) is 118 cm³/mol. The molecule has 1 fully saturated rings. The number of pyridine rings is 1. The topological polar surface area (TPSA) is 57.8 Å². The van der Waals surface area contributed by atoms with Crippen molar-refractivity contribution >= 4 is 16.8 Å². The van der Waals surface area contributed by atoms with Gasteiger partial charge in [0, 0.05) is 42.5 Å². The minimum absolute atomic E-state index is 0.137. The normalized spacial score (nSPS) is 16.0. The molecule has 4 heteroatoms. The minimum atomic E-state index is 0.137. The van der Waals surface area contributed by atoms with Gasteiger partial charge in [-0.3, -0.25) is 9.78 Å². The molecular weight excluding hydrogens is 358 g/mol. The molecule has 0 saturated heterocycles. The van der Waals surface area contributed by atoms with Crippen molar-refractivity contribution in [3.05, 3.63) is 65.6 Å². The first kappa shape index (κ1) is 19.7. The zero-order valence-corrected chi connectivity index (χ0v) is 17.3. The molecule has 4 rings (SSSR count). The molecule has 1 amide bonds. The van der Waals surface area contributed by atoms with Crippen molar-refractivity contribution in [1.29, 1.82) is 0 Å². The van der Waals surface area contributed by atoms with E-state index in [4.69, 9.17) is 0 Å². The van der Waals surface area contributed by atoms with Gasteiger partial charge in [0.15, 0.2) is 0 Å². The van der Waals surface area contributed by atoms with Crippen molar-refractivity contribution in [1.82, 2.24) is 15.3 Å². The van der Waals surface area contributed by atoms with Gasteiger partial charge in [0.25, 0.3) is 0 Å². The Hall–Kier alpha value is -2.62. The number of hydrogen-bond acceptors (Lipinski definition) is 2. The highest BCUT2D eigenvalue weighted by Crippen LogP contribution is 2.41. The van der Waals surface area contributed by atoms with Gasteiger partial charge in [0.2, 0.25) is 5.91 Å². The molecular formula is C25H31N3O. The fourth-order valence-corrected chi connectivity index (χ4v) is 4.88. The third-order valence-corrected chi connectivity index (χ3v) is 6.48. The number of benzene rings is 1. The van der Waals surface area contributed by atoms with Gasteiger partial charge >= 0.3 is 0 Å². The van der Waals surface area contributed by atoms with E-state index in [1.165, 1.54) is 54.1 Å². The molecule has 2 aromatic heterocycles. The van der Waals surface area contributed by atoms with Gasteiger partial charge in [-0.25, -0.2) is 0 Å². The van der Waals surface area contributed by atoms with E-state index < -0.39 is 0 Å². The van der Waals surface area contributed by atoms with Crippen molar-refractivity contribution in [3.8, 4) is 0 Å². The molecule has 2 N–H and O–H groups in total. The third-order valence-electron chi connectivity index (χ3n) is 6.48. The molecule has 1 aliphatic rings. The quantitative estimate of drug-likeness (QED) is 0.561. The summed E-state index contributed by atoms with van der Waals surface area (Å²) in [5.41, 5.74) is 4.99. The lowest BCUT2D eigenvalue weighted by atomic mass is 9.75.